The van der Waals surface area contributed by atoms with E-state index in [0.717, 1.165) is 67.2 Å². The van der Waals surface area contributed by atoms with Crippen LogP contribution in [0.4, 0.5) is 30.2 Å². The number of alkyl halides is 3. The highest BCUT2D eigenvalue weighted by molar-refractivity contribution is 7.99. The van der Waals surface area contributed by atoms with Crippen LogP contribution in [0, 0.1) is 5.92 Å². The van der Waals surface area contributed by atoms with Gasteiger partial charge in [-0.05, 0) is 72.7 Å². The van der Waals surface area contributed by atoms with E-state index in [4.69, 9.17) is 5.11 Å². The zero-order chi connectivity index (χ0) is 27.5. The van der Waals surface area contributed by atoms with E-state index in [1.807, 2.05) is 17.0 Å². The van der Waals surface area contributed by atoms with E-state index in [-0.39, 0.29) is 5.75 Å². The topological polar surface area (TPSA) is 90.0 Å². The number of aryl methyl sites for hydroxylation is 1. The number of carbonyl (C=O) groups is 1. The van der Waals surface area contributed by atoms with E-state index in [1.165, 1.54) is 17.8 Å². The predicted octanol–water partition coefficient (Wildman–Crippen LogP) is 5.06. The summed E-state index contributed by atoms with van der Waals surface area (Å²) in [5.74, 6) is 0.448. The van der Waals surface area contributed by atoms with Crippen molar-refractivity contribution < 1.29 is 31.5 Å². The van der Waals surface area contributed by atoms with Crippen molar-refractivity contribution in [3.05, 3.63) is 53.1 Å². The first-order chi connectivity index (χ1) is 17.9. The number of halogens is 3. The molecule has 0 unspecified atom stereocenters. The van der Waals surface area contributed by atoms with Crippen LogP contribution in [-0.2, 0) is 34.0 Å². The van der Waals surface area contributed by atoms with Crippen molar-refractivity contribution in [1.82, 2.24) is 0 Å². The molecule has 208 valence electrons. The van der Waals surface area contributed by atoms with Gasteiger partial charge in [-0.1, -0.05) is 12.1 Å². The minimum Gasteiger partial charge on any atom is -0.481 e. The maximum absolute atomic E-state index is 13.3. The highest BCUT2D eigenvalue weighted by Gasteiger charge is 2.32. The number of nitrogens with one attached hydrogen (secondary N) is 1. The van der Waals surface area contributed by atoms with Crippen LogP contribution in [-0.4, -0.2) is 56.9 Å². The molecular weight excluding hydrogens is 539 g/mol. The molecule has 0 aliphatic carbocycles. The van der Waals surface area contributed by atoms with Crippen molar-refractivity contribution in [2.75, 3.05) is 51.9 Å². The summed E-state index contributed by atoms with van der Waals surface area (Å²) in [4.78, 5) is 14.8. The number of thioether (sulfide) groups is 1. The lowest BCUT2D eigenvalue weighted by Gasteiger charge is -2.35. The zero-order valence-electron chi connectivity index (χ0n) is 21.1. The van der Waals surface area contributed by atoms with Crippen LogP contribution in [0.3, 0.4) is 0 Å². The van der Waals surface area contributed by atoms with Gasteiger partial charge in [-0.3, -0.25) is 9.52 Å². The molecule has 4 rings (SSSR count). The van der Waals surface area contributed by atoms with Gasteiger partial charge in [-0.2, -0.15) is 13.2 Å². The molecule has 1 fully saturated rings. The molecule has 0 bridgehead atoms. The second kappa shape index (κ2) is 11.6. The Bertz CT molecular complexity index is 1260. The highest BCUT2D eigenvalue weighted by atomic mass is 32.2. The first kappa shape index (κ1) is 28.4. The number of fused-ring (bicyclic) bond motifs is 1. The van der Waals surface area contributed by atoms with Crippen molar-refractivity contribution in [2.24, 2.45) is 5.92 Å². The van der Waals surface area contributed by atoms with Crippen molar-refractivity contribution in [3.63, 3.8) is 0 Å². The highest BCUT2D eigenvalue weighted by Crippen LogP contribution is 2.37. The average molecular weight is 572 g/mol. The maximum atomic E-state index is 13.3. The molecular formula is C26H32F3N3O4S2. The van der Waals surface area contributed by atoms with Crippen LogP contribution in [0.15, 0.2) is 36.4 Å². The molecule has 38 heavy (non-hydrogen) atoms. The molecule has 0 amide bonds. The number of carboxylic acids is 1. The second-order valence-electron chi connectivity index (χ2n) is 9.93. The number of nitrogens with zero attached hydrogens (tertiary/aromatic N) is 2. The van der Waals surface area contributed by atoms with Crippen LogP contribution >= 0.6 is 11.8 Å². The molecule has 0 saturated carbocycles. The molecule has 2 N–H and O–H groups in total. The molecule has 1 saturated heterocycles. The third-order valence-corrected chi connectivity index (χ3v) is 8.64. The van der Waals surface area contributed by atoms with Gasteiger partial charge in [0.25, 0.3) is 0 Å². The SMILES string of the molecule is CS(=O)(=O)Nc1cc(CN2CCCc3ccc(C(F)(F)F)cc32)ccc1N1CCC(CSCC(=O)O)CC1. The first-order valence-electron chi connectivity index (χ1n) is 12.5. The molecule has 0 spiro atoms. The van der Waals surface area contributed by atoms with E-state index in [0.29, 0.717) is 36.8 Å². The fourth-order valence-electron chi connectivity index (χ4n) is 5.10. The smallest absolute Gasteiger partial charge is 0.416 e. The van der Waals surface area contributed by atoms with Gasteiger partial charge in [0.2, 0.25) is 10.0 Å². The molecule has 0 radical (unpaired) electrons. The molecule has 0 aromatic heterocycles. The number of hydrogen-bond acceptors (Lipinski definition) is 6. The number of rotatable bonds is 9. The predicted molar refractivity (Wildman–Crippen MR) is 146 cm³/mol. The monoisotopic (exact) mass is 571 g/mol. The minimum absolute atomic E-state index is 0.0864. The van der Waals surface area contributed by atoms with Gasteiger partial charge < -0.3 is 14.9 Å². The summed E-state index contributed by atoms with van der Waals surface area (Å²) < 4.78 is 67.0. The van der Waals surface area contributed by atoms with E-state index < -0.39 is 27.7 Å². The summed E-state index contributed by atoms with van der Waals surface area (Å²) in [6.07, 6.45) is -0.0413. The van der Waals surface area contributed by atoms with Crippen molar-refractivity contribution >= 4 is 44.8 Å². The van der Waals surface area contributed by atoms with Gasteiger partial charge >= 0.3 is 12.1 Å². The lowest BCUT2D eigenvalue weighted by molar-refractivity contribution is -0.137. The van der Waals surface area contributed by atoms with Gasteiger partial charge in [0.15, 0.2) is 0 Å². The van der Waals surface area contributed by atoms with E-state index >= 15 is 0 Å². The summed E-state index contributed by atoms with van der Waals surface area (Å²) in [7, 11) is -3.56. The fourth-order valence-corrected chi connectivity index (χ4v) is 6.63. The third kappa shape index (κ3) is 7.49. The Morgan fingerprint density at radius 3 is 2.50 bits per heavy atom. The first-order valence-corrected chi connectivity index (χ1v) is 15.5. The minimum atomic E-state index is -4.42. The largest absolute Gasteiger partial charge is 0.481 e. The van der Waals surface area contributed by atoms with Gasteiger partial charge in [-0.15, -0.1) is 11.8 Å². The number of sulfonamides is 1. The molecule has 2 aromatic rings. The summed E-state index contributed by atoms with van der Waals surface area (Å²) >= 11 is 1.41. The average Bonchev–Trinajstić information content (AvgIpc) is 2.83. The zero-order valence-corrected chi connectivity index (χ0v) is 22.8. The number of anilines is 3. The molecule has 2 aromatic carbocycles. The molecule has 0 atom stereocenters. The van der Waals surface area contributed by atoms with Gasteiger partial charge in [0, 0.05) is 31.9 Å². The third-order valence-electron chi connectivity index (χ3n) is 6.89. The second-order valence-corrected chi connectivity index (χ2v) is 12.7. The lowest BCUT2D eigenvalue weighted by Crippen LogP contribution is -2.35. The van der Waals surface area contributed by atoms with Crippen LogP contribution in [0.5, 0.6) is 0 Å². The van der Waals surface area contributed by atoms with Gasteiger partial charge in [0.1, 0.15) is 0 Å². The fraction of sp³-hybridized carbons (Fsp3) is 0.500. The molecule has 2 aliphatic heterocycles. The molecule has 12 heteroatoms. The van der Waals surface area contributed by atoms with E-state index in [2.05, 4.69) is 9.62 Å². The normalized spacial score (nSPS) is 16.8. The van der Waals surface area contributed by atoms with Crippen LogP contribution in [0.2, 0.25) is 0 Å². The van der Waals surface area contributed by atoms with Crippen LogP contribution < -0.4 is 14.5 Å². The van der Waals surface area contributed by atoms with Crippen molar-refractivity contribution in [3.8, 4) is 0 Å². The summed E-state index contributed by atoms with van der Waals surface area (Å²) in [5, 5.41) is 8.84. The summed E-state index contributed by atoms with van der Waals surface area (Å²) in [5.41, 5.74) is 2.77. The van der Waals surface area contributed by atoms with Crippen molar-refractivity contribution in [1.29, 1.82) is 0 Å². The number of hydrogen-bond donors (Lipinski definition) is 2. The number of aliphatic carboxylic acids is 1. The van der Waals surface area contributed by atoms with Crippen LogP contribution in [0.1, 0.15) is 36.0 Å². The maximum Gasteiger partial charge on any atom is 0.416 e. The van der Waals surface area contributed by atoms with E-state index in [9.17, 15) is 26.4 Å². The molecule has 2 aliphatic rings. The standard InChI is InChI=1S/C26H32F3N3O4S2/c1-38(35,36)30-22-13-19(4-7-23(22)31-11-8-18(9-12-31)16-37-17-25(33)34)15-32-10-2-3-20-5-6-21(14-24(20)32)26(27,28)29/h4-7,13-14,18,30H,2-3,8-12,15-17H2,1H3,(H,33,34). The lowest BCUT2D eigenvalue weighted by atomic mass is 9.97. The Balaban J connectivity index is 1.52. The number of carboxylic acid groups (broad SMARTS) is 1. The Hall–Kier alpha value is -2.60. The number of piperidine rings is 1. The Kier molecular flexibility index (Phi) is 8.71. The Labute approximate surface area is 225 Å². The summed E-state index contributed by atoms with van der Waals surface area (Å²) in [6, 6.07) is 9.43. The van der Waals surface area contributed by atoms with Gasteiger partial charge in [0.05, 0.1) is 28.9 Å². The van der Waals surface area contributed by atoms with Gasteiger partial charge in [-0.25, -0.2) is 8.42 Å². The van der Waals surface area contributed by atoms with Crippen molar-refractivity contribution in [2.45, 2.75) is 38.4 Å². The van der Waals surface area contributed by atoms with E-state index in [1.54, 1.807) is 12.1 Å². The van der Waals surface area contributed by atoms with Crippen LogP contribution in [0.25, 0.3) is 0 Å². The molecule has 7 nitrogen and oxygen atoms in total. The quantitative estimate of drug-likeness (QED) is 0.435. The number of benzene rings is 2. The Morgan fingerprint density at radius 2 is 1.84 bits per heavy atom. The summed E-state index contributed by atoms with van der Waals surface area (Å²) in [6.45, 7) is 2.40. The molecule has 2 heterocycles. The Morgan fingerprint density at radius 1 is 1.11 bits per heavy atom.